The van der Waals surface area contributed by atoms with Crippen LogP contribution in [-0.4, -0.2) is 36.1 Å². The maximum absolute atomic E-state index is 6.28. The number of aryl methyl sites for hydroxylation is 1. The number of nitrogens with zero attached hydrogens (tertiary/aromatic N) is 3. The molecule has 0 saturated heterocycles. The second-order valence-corrected chi connectivity index (χ2v) is 5.32. The van der Waals surface area contributed by atoms with E-state index < -0.39 is 0 Å². The van der Waals surface area contributed by atoms with Gasteiger partial charge in [-0.3, -0.25) is 4.68 Å². The van der Waals surface area contributed by atoms with Crippen LogP contribution in [0.25, 0.3) is 0 Å². The molecule has 0 amide bonds. The number of aromatic nitrogens is 2. The molecule has 2 rings (SSSR count). The SMILES string of the molecule is COCCN(c1c(N)c(C(C)C)nn1C)C1CC1. The van der Waals surface area contributed by atoms with Crippen LogP contribution in [-0.2, 0) is 11.8 Å². The Morgan fingerprint density at radius 2 is 2.17 bits per heavy atom. The number of hydrogen-bond donors (Lipinski definition) is 1. The lowest BCUT2D eigenvalue weighted by Crippen LogP contribution is -2.31. The first-order valence-corrected chi connectivity index (χ1v) is 6.64. The maximum Gasteiger partial charge on any atom is 0.150 e. The van der Waals surface area contributed by atoms with E-state index in [1.165, 1.54) is 12.8 Å². The number of ether oxygens (including phenoxy) is 1. The highest BCUT2D eigenvalue weighted by Crippen LogP contribution is 2.37. The number of anilines is 2. The molecule has 1 aromatic heterocycles. The Morgan fingerprint density at radius 1 is 1.50 bits per heavy atom. The van der Waals surface area contributed by atoms with Gasteiger partial charge in [0.05, 0.1) is 18.0 Å². The second kappa shape index (κ2) is 5.18. The van der Waals surface area contributed by atoms with Crippen molar-refractivity contribution in [2.45, 2.75) is 38.6 Å². The minimum Gasteiger partial charge on any atom is -0.394 e. The molecule has 0 unspecified atom stereocenters. The number of nitrogens with two attached hydrogens (primary N) is 1. The van der Waals surface area contributed by atoms with E-state index >= 15 is 0 Å². The van der Waals surface area contributed by atoms with E-state index in [9.17, 15) is 0 Å². The predicted octanol–water partition coefficient (Wildman–Crippen LogP) is 1.74. The van der Waals surface area contributed by atoms with Gasteiger partial charge in [-0.15, -0.1) is 0 Å². The van der Waals surface area contributed by atoms with E-state index in [-0.39, 0.29) is 0 Å². The topological polar surface area (TPSA) is 56.3 Å². The summed E-state index contributed by atoms with van der Waals surface area (Å²) < 4.78 is 7.11. The number of rotatable bonds is 6. The predicted molar refractivity (Wildman–Crippen MR) is 74.0 cm³/mol. The molecular weight excluding hydrogens is 228 g/mol. The van der Waals surface area contributed by atoms with Gasteiger partial charge in [-0.25, -0.2) is 0 Å². The van der Waals surface area contributed by atoms with Crippen molar-refractivity contribution in [3.8, 4) is 0 Å². The van der Waals surface area contributed by atoms with Crippen molar-refractivity contribution in [3.63, 3.8) is 0 Å². The van der Waals surface area contributed by atoms with Crippen molar-refractivity contribution in [1.29, 1.82) is 0 Å². The van der Waals surface area contributed by atoms with Gasteiger partial charge in [0.1, 0.15) is 0 Å². The summed E-state index contributed by atoms with van der Waals surface area (Å²) in [7, 11) is 3.71. The molecule has 1 heterocycles. The van der Waals surface area contributed by atoms with Crippen molar-refractivity contribution in [2.75, 3.05) is 30.9 Å². The fourth-order valence-electron chi connectivity index (χ4n) is 2.36. The van der Waals surface area contributed by atoms with Crippen LogP contribution >= 0.6 is 0 Å². The standard InChI is InChI=1S/C13H24N4O/c1-9(2)12-11(14)13(16(3)15-12)17(7-8-18-4)10-5-6-10/h9-10H,5-8,14H2,1-4H3. The summed E-state index contributed by atoms with van der Waals surface area (Å²) in [5.41, 5.74) is 8.10. The van der Waals surface area contributed by atoms with Gasteiger partial charge in [-0.2, -0.15) is 5.10 Å². The monoisotopic (exact) mass is 252 g/mol. The number of nitrogen functional groups attached to an aromatic ring is 1. The Bertz CT molecular complexity index is 409. The molecule has 0 radical (unpaired) electrons. The molecule has 102 valence electrons. The molecule has 0 bridgehead atoms. The minimum atomic E-state index is 0.355. The summed E-state index contributed by atoms with van der Waals surface area (Å²) >= 11 is 0. The van der Waals surface area contributed by atoms with E-state index in [4.69, 9.17) is 10.5 Å². The minimum absolute atomic E-state index is 0.355. The summed E-state index contributed by atoms with van der Waals surface area (Å²) in [6, 6.07) is 0.609. The molecule has 18 heavy (non-hydrogen) atoms. The fourth-order valence-corrected chi connectivity index (χ4v) is 2.36. The lowest BCUT2D eigenvalue weighted by molar-refractivity contribution is 0.204. The first kappa shape index (κ1) is 13.2. The summed E-state index contributed by atoms with van der Waals surface area (Å²) in [5.74, 6) is 1.41. The fraction of sp³-hybridized carbons (Fsp3) is 0.769. The van der Waals surface area contributed by atoms with Gasteiger partial charge >= 0.3 is 0 Å². The van der Waals surface area contributed by atoms with Crippen LogP contribution in [0, 0.1) is 0 Å². The molecule has 0 aromatic carbocycles. The molecule has 1 fully saturated rings. The van der Waals surface area contributed by atoms with Gasteiger partial charge in [0.25, 0.3) is 0 Å². The van der Waals surface area contributed by atoms with Gasteiger partial charge in [0, 0.05) is 26.7 Å². The zero-order valence-electron chi connectivity index (χ0n) is 11.8. The highest BCUT2D eigenvalue weighted by molar-refractivity contribution is 5.68. The molecule has 1 aliphatic carbocycles. The van der Waals surface area contributed by atoms with Crippen LogP contribution in [0.3, 0.4) is 0 Å². The molecular formula is C13H24N4O. The summed E-state index contributed by atoms with van der Waals surface area (Å²) in [6.45, 7) is 5.85. The Kier molecular flexibility index (Phi) is 3.80. The molecule has 0 spiro atoms. The van der Waals surface area contributed by atoms with Crippen LogP contribution in [0.4, 0.5) is 11.5 Å². The zero-order chi connectivity index (χ0) is 13.3. The summed E-state index contributed by atoms with van der Waals surface area (Å²) in [6.07, 6.45) is 2.48. The quantitative estimate of drug-likeness (QED) is 0.838. The lowest BCUT2D eigenvalue weighted by atomic mass is 10.1. The molecule has 1 aromatic rings. The van der Waals surface area contributed by atoms with Crippen LogP contribution in [0.2, 0.25) is 0 Å². The van der Waals surface area contributed by atoms with Crippen LogP contribution in [0.15, 0.2) is 0 Å². The maximum atomic E-state index is 6.28. The Hall–Kier alpha value is -1.23. The molecule has 2 N–H and O–H groups in total. The first-order valence-electron chi connectivity index (χ1n) is 6.64. The smallest absolute Gasteiger partial charge is 0.150 e. The van der Waals surface area contributed by atoms with Gasteiger partial charge in [-0.1, -0.05) is 13.8 Å². The lowest BCUT2D eigenvalue weighted by Gasteiger charge is -2.24. The van der Waals surface area contributed by atoms with Crippen LogP contribution in [0.5, 0.6) is 0 Å². The largest absolute Gasteiger partial charge is 0.394 e. The molecule has 1 aliphatic rings. The van der Waals surface area contributed by atoms with E-state index in [1.807, 2.05) is 11.7 Å². The average molecular weight is 252 g/mol. The van der Waals surface area contributed by atoms with Crippen molar-refractivity contribution in [3.05, 3.63) is 5.69 Å². The normalized spacial score (nSPS) is 15.4. The highest BCUT2D eigenvalue weighted by atomic mass is 16.5. The van der Waals surface area contributed by atoms with Crippen molar-refractivity contribution >= 4 is 11.5 Å². The van der Waals surface area contributed by atoms with Gasteiger partial charge in [0.2, 0.25) is 0 Å². The van der Waals surface area contributed by atoms with Crippen molar-refractivity contribution < 1.29 is 4.74 Å². The van der Waals surface area contributed by atoms with Gasteiger partial charge < -0.3 is 15.4 Å². The van der Waals surface area contributed by atoms with Crippen molar-refractivity contribution in [1.82, 2.24) is 9.78 Å². The Balaban J connectivity index is 2.29. The third-order valence-electron chi connectivity index (χ3n) is 3.42. The third kappa shape index (κ3) is 2.46. The molecule has 5 nitrogen and oxygen atoms in total. The van der Waals surface area contributed by atoms with Crippen molar-refractivity contribution in [2.24, 2.45) is 7.05 Å². The number of methoxy groups -OCH3 is 1. The van der Waals surface area contributed by atoms with E-state index in [1.54, 1.807) is 7.11 Å². The second-order valence-electron chi connectivity index (χ2n) is 5.32. The summed E-state index contributed by atoms with van der Waals surface area (Å²) in [4.78, 5) is 2.34. The van der Waals surface area contributed by atoms with Gasteiger partial charge in [0.15, 0.2) is 5.82 Å². The molecule has 0 atom stereocenters. The van der Waals surface area contributed by atoms with E-state index in [0.29, 0.717) is 12.0 Å². The molecule has 1 saturated carbocycles. The van der Waals surface area contributed by atoms with E-state index in [0.717, 1.165) is 30.4 Å². The summed E-state index contributed by atoms with van der Waals surface area (Å²) in [5, 5.41) is 4.56. The highest BCUT2D eigenvalue weighted by Gasteiger charge is 2.33. The zero-order valence-corrected chi connectivity index (χ0v) is 11.8. The Morgan fingerprint density at radius 3 is 2.61 bits per heavy atom. The average Bonchev–Trinajstić information content (AvgIpc) is 3.09. The molecule has 5 heteroatoms. The Labute approximate surface area is 109 Å². The molecule has 0 aliphatic heterocycles. The third-order valence-corrected chi connectivity index (χ3v) is 3.42. The van der Waals surface area contributed by atoms with Gasteiger partial charge in [-0.05, 0) is 18.8 Å². The number of hydrogen-bond acceptors (Lipinski definition) is 4. The van der Waals surface area contributed by atoms with E-state index in [2.05, 4.69) is 23.8 Å². The first-order chi connectivity index (χ1) is 8.56. The van der Waals surface area contributed by atoms with Crippen LogP contribution in [0.1, 0.15) is 38.3 Å². The van der Waals surface area contributed by atoms with Crippen LogP contribution < -0.4 is 10.6 Å².